The lowest BCUT2D eigenvalue weighted by atomic mass is 9.71. The number of ether oxygens (including phenoxy) is 1. The second kappa shape index (κ2) is 5.10. The molecule has 2 heterocycles. The molecule has 5 atom stereocenters. The fourth-order valence-electron chi connectivity index (χ4n) is 4.21. The van der Waals surface area contributed by atoms with Crippen LogP contribution in [0.5, 0.6) is 0 Å². The van der Waals surface area contributed by atoms with Crippen LogP contribution >= 0.6 is 0 Å². The van der Waals surface area contributed by atoms with Crippen LogP contribution in [-0.4, -0.2) is 51.8 Å². The van der Waals surface area contributed by atoms with E-state index >= 15 is 0 Å². The summed E-state index contributed by atoms with van der Waals surface area (Å²) in [4.78, 5) is 25.3. The van der Waals surface area contributed by atoms with Crippen molar-refractivity contribution in [3.05, 3.63) is 11.3 Å². The lowest BCUT2D eigenvalue weighted by Gasteiger charge is -2.47. The van der Waals surface area contributed by atoms with Crippen molar-refractivity contribution < 1.29 is 24.5 Å². The van der Waals surface area contributed by atoms with Crippen LogP contribution in [-0.2, 0) is 14.3 Å². The van der Waals surface area contributed by atoms with Crippen LogP contribution in [0.1, 0.15) is 33.1 Å². The zero-order valence-electron chi connectivity index (χ0n) is 12.3. The van der Waals surface area contributed by atoms with Crippen molar-refractivity contribution in [2.24, 2.45) is 11.8 Å². The Labute approximate surface area is 123 Å². The maximum atomic E-state index is 12.2. The molecule has 0 aromatic heterocycles. The number of fused-ring (bicyclic) bond motifs is 3. The maximum absolute atomic E-state index is 12.2. The first-order chi connectivity index (χ1) is 9.99. The first kappa shape index (κ1) is 14.5. The number of hydrogen-bond acceptors (Lipinski definition) is 4. The van der Waals surface area contributed by atoms with E-state index in [1.807, 2.05) is 6.92 Å². The lowest BCUT2D eigenvalue weighted by Crippen LogP contribution is -2.64. The van der Waals surface area contributed by atoms with Gasteiger partial charge < -0.3 is 19.8 Å². The molecule has 0 aromatic carbocycles. The summed E-state index contributed by atoms with van der Waals surface area (Å²) in [7, 11) is 0. The summed E-state index contributed by atoms with van der Waals surface area (Å²) in [6.45, 7) is 4.01. The zero-order valence-corrected chi connectivity index (χ0v) is 12.3. The van der Waals surface area contributed by atoms with Crippen LogP contribution in [0.25, 0.3) is 0 Å². The average Bonchev–Trinajstić information content (AvgIpc) is 2.70. The van der Waals surface area contributed by atoms with E-state index in [2.05, 4.69) is 0 Å². The minimum atomic E-state index is -1.07. The van der Waals surface area contributed by atoms with Gasteiger partial charge in [0.1, 0.15) is 5.70 Å². The van der Waals surface area contributed by atoms with E-state index in [9.17, 15) is 19.8 Å². The molecule has 2 N–H and O–H groups in total. The number of carbonyl (C=O) groups excluding carboxylic acids is 1. The molecular formula is C15H21NO5. The van der Waals surface area contributed by atoms with E-state index in [-0.39, 0.29) is 29.7 Å². The fourth-order valence-corrected chi connectivity index (χ4v) is 4.21. The number of aliphatic carboxylic acids is 1. The first-order valence-corrected chi connectivity index (χ1v) is 7.59. The predicted molar refractivity (Wildman–Crippen MR) is 73.2 cm³/mol. The van der Waals surface area contributed by atoms with Crippen molar-refractivity contribution in [2.45, 2.75) is 51.4 Å². The molecule has 1 aliphatic carbocycles. The number of nitrogens with zero attached hydrogens (tertiary/aromatic N) is 1. The second-order valence-corrected chi connectivity index (χ2v) is 6.06. The minimum Gasteiger partial charge on any atom is -0.477 e. The molecule has 3 rings (SSSR count). The van der Waals surface area contributed by atoms with Crippen molar-refractivity contribution in [2.75, 3.05) is 6.61 Å². The van der Waals surface area contributed by atoms with Gasteiger partial charge in [-0.05, 0) is 38.7 Å². The van der Waals surface area contributed by atoms with E-state index in [1.165, 1.54) is 4.90 Å². The molecule has 3 aliphatic rings. The number of β-lactam (4-membered cyclic amide) rings is 1. The quantitative estimate of drug-likeness (QED) is 0.747. The summed E-state index contributed by atoms with van der Waals surface area (Å²) in [6, 6.07) is -0.207. The highest BCUT2D eigenvalue weighted by molar-refractivity contribution is 6.00. The van der Waals surface area contributed by atoms with E-state index in [0.717, 1.165) is 24.8 Å². The maximum Gasteiger partial charge on any atom is 0.352 e. The van der Waals surface area contributed by atoms with Crippen molar-refractivity contribution in [3.8, 4) is 0 Å². The molecule has 116 valence electrons. The molecule has 1 saturated carbocycles. The van der Waals surface area contributed by atoms with Gasteiger partial charge >= 0.3 is 5.97 Å². The van der Waals surface area contributed by atoms with Crippen molar-refractivity contribution in [1.82, 2.24) is 4.90 Å². The predicted octanol–water partition coefficient (Wildman–Crippen LogP) is 0.752. The van der Waals surface area contributed by atoms with Crippen LogP contribution < -0.4 is 0 Å². The number of aliphatic hydroxyl groups is 1. The Balaban J connectivity index is 2.01. The van der Waals surface area contributed by atoms with Gasteiger partial charge in [0.05, 0.1) is 24.2 Å². The molecular weight excluding hydrogens is 274 g/mol. The number of aliphatic hydroxyl groups excluding tert-OH is 1. The third-order valence-corrected chi connectivity index (χ3v) is 4.93. The van der Waals surface area contributed by atoms with Crippen LogP contribution in [0.4, 0.5) is 0 Å². The average molecular weight is 295 g/mol. The zero-order chi connectivity index (χ0) is 15.3. The molecule has 0 radical (unpaired) electrons. The van der Waals surface area contributed by atoms with Crippen LogP contribution in [0.15, 0.2) is 11.3 Å². The number of hydrogen-bond donors (Lipinski definition) is 2. The topological polar surface area (TPSA) is 87.1 Å². The smallest absolute Gasteiger partial charge is 0.352 e. The highest BCUT2D eigenvalue weighted by Crippen LogP contribution is 2.52. The van der Waals surface area contributed by atoms with Gasteiger partial charge in [-0.2, -0.15) is 0 Å². The van der Waals surface area contributed by atoms with Gasteiger partial charge in [-0.3, -0.25) is 4.79 Å². The molecule has 21 heavy (non-hydrogen) atoms. The van der Waals surface area contributed by atoms with Gasteiger partial charge in [0.25, 0.3) is 0 Å². The molecule has 0 aromatic rings. The van der Waals surface area contributed by atoms with Gasteiger partial charge in [0.2, 0.25) is 5.91 Å². The molecule has 6 heteroatoms. The van der Waals surface area contributed by atoms with Crippen molar-refractivity contribution in [1.29, 1.82) is 0 Å². The number of rotatable bonds is 4. The van der Waals surface area contributed by atoms with Gasteiger partial charge in [-0.1, -0.05) is 0 Å². The Kier molecular flexibility index (Phi) is 3.53. The Morgan fingerprint density at radius 2 is 2.19 bits per heavy atom. The normalized spacial score (nSPS) is 36.1. The Morgan fingerprint density at radius 1 is 1.48 bits per heavy atom. The summed E-state index contributed by atoms with van der Waals surface area (Å²) >= 11 is 0. The molecule has 0 bridgehead atoms. The SMILES string of the molecule is CCOC1CCCC2C1=C(C(=O)O)N1C(=O)C(C(C)O)C21. The van der Waals surface area contributed by atoms with Gasteiger partial charge in [0, 0.05) is 12.5 Å². The largest absolute Gasteiger partial charge is 0.477 e. The van der Waals surface area contributed by atoms with E-state index in [0.29, 0.717) is 6.61 Å². The summed E-state index contributed by atoms with van der Waals surface area (Å²) < 4.78 is 5.71. The fraction of sp³-hybridized carbons (Fsp3) is 0.733. The third kappa shape index (κ3) is 1.92. The molecule has 2 fully saturated rings. The summed E-state index contributed by atoms with van der Waals surface area (Å²) in [6.07, 6.45) is 1.64. The van der Waals surface area contributed by atoms with Gasteiger partial charge in [-0.15, -0.1) is 0 Å². The molecule has 6 nitrogen and oxygen atoms in total. The molecule has 1 saturated heterocycles. The minimum absolute atomic E-state index is 0.0127. The summed E-state index contributed by atoms with van der Waals surface area (Å²) in [5.74, 6) is -1.81. The Hall–Kier alpha value is -1.40. The van der Waals surface area contributed by atoms with Crippen LogP contribution in [0.2, 0.25) is 0 Å². The number of carboxylic acid groups (broad SMARTS) is 1. The van der Waals surface area contributed by atoms with E-state index < -0.39 is 18.0 Å². The summed E-state index contributed by atoms with van der Waals surface area (Å²) in [5, 5.41) is 19.4. The van der Waals surface area contributed by atoms with Crippen molar-refractivity contribution in [3.63, 3.8) is 0 Å². The lowest BCUT2D eigenvalue weighted by molar-refractivity contribution is -0.163. The number of carbonyl (C=O) groups is 2. The number of carboxylic acids is 1. The standard InChI is InChI=1S/C15H21NO5/c1-3-21-9-6-4-5-8-11(9)13(15(19)20)16-12(8)10(7(2)17)14(16)18/h7-10,12,17H,3-6H2,1-2H3,(H,19,20). The molecule has 1 amide bonds. The first-order valence-electron chi connectivity index (χ1n) is 7.59. The number of amides is 1. The Bertz CT molecular complexity index is 510. The van der Waals surface area contributed by atoms with Gasteiger partial charge in [-0.25, -0.2) is 4.79 Å². The monoisotopic (exact) mass is 295 g/mol. The van der Waals surface area contributed by atoms with E-state index in [1.54, 1.807) is 6.92 Å². The summed E-state index contributed by atoms with van der Waals surface area (Å²) in [5.41, 5.74) is 0.863. The van der Waals surface area contributed by atoms with E-state index in [4.69, 9.17) is 4.74 Å². The highest BCUT2D eigenvalue weighted by atomic mass is 16.5. The Morgan fingerprint density at radius 3 is 2.76 bits per heavy atom. The van der Waals surface area contributed by atoms with Gasteiger partial charge in [0.15, 0.2) is 0 Å². The highest BCUT2D eigenvalue weighted by Gasteiger charge is 2.62. The van der Waals surface area contributed by atoms with Crippen molar-refractivity contribution >= 4 is 11.9 Å². The van der Waals surface area contributed by atoms with Crippen LogP contribution in [0, 0.1) is 11.8 Å². The molecule has 0 spiro atoms. The third-order valence-electron chi connectivity index (χ3n) is 4.93. The van der Waals surface area contributed by atoms with Crippen LogP contribution in [0.3, 0.4) is 0 Å². The molecule has 2 aliphatic heterocycles. The second-order valence-electron chi connectivity index (χ2n) is 6.06. The molecule has 5 unspecified atom stereocenters.